The molecule has 0 aromatic carbocycles. The van der Waals surface area contributed by atoms with Gasteiger partial charge in [-0.1, -0.05) is 26.2 Å². The maximum absolute atomic E-state index is 12.5. The maximum Gasteiger partial charge on any atom is 0.359 e. The summed E-state index contributed by atoms with van der Waals surface area (Å²) in [6.07, 6.45) is 0. The fraction of sp³-hybridized carbons (Fsp3) is 1.00. The van der Waals surface area contributed by atoms with E-state index in [1.54, 1.807) is 0 Å². The maximum atomic E-state index is 12.5. The molecule has 0 unspecified atom stereocenters. The molecule has 0 radical (unpaired) electrons. The summed E-state index contributed by atoms with van der Waals surface area (Å²) in [4.78, 5) is 0. The van der Waals surface area contributed by atoms with Gasteiger partial charge in [0, 0.05) is 0 Å². The first-order valence-corrected chi connectivity index (χ1v) is 10.9. The first-order valence-electron chi connectivity index (χ1n) is 3.88. The third kappa shape index (κ3) is 2.00. The smallest absolute Gasteiger partial charge is 0.177 e. The van der Waals surface area contributed by atoms with Gasteiger partial charge < -0.3 is 0 Å². The second kappa shape index (κ2) is 3.26. The van der Waals surface area contributed by atoms with Gasteiger partial charge in [-0.05, 0) is 0 Å². The monoisotopic (exact) mass is 254 g/mol. The summed E-state index contributed by atoms with van der Waals surface area (Å²) in [6, 6.07) is 0. The molecule has 0 bridgehead atoms. The van der Waals surface area contributed by atoms with Crippen molar-refractivity contribution in [3.8, 4) is 0 Å². The van der Waals surface area contributed by atoms with Crippen LogP contribution >= 0.6 is 0 Å². The van der Waals surface area contributed by atoms with Gasteiger partial charge in [0.05, 0.1) is 0 Å². The van der Waals surface area contributed by atoms with Crippen LogP contribution in [0.5, 0.6) is 0 Å². The summed E-state index contributed by atoms with van der Waals surface area (Å²) in [5.74, 6) is -9.36. The molecule has 0 spiro atoms. The Morgan fingerprint density at radius 2 is 0.714 bits per heavy atom. The molecule has 0 aromatic rings. The zero-order valence-corrected chi connectivity index (χ0v) is 10.3. The van der Waals surface area contributed by atoms with Crippen LogP contribution in [0.1, 0.15) is 0 Å². The van der Waals surface area contributed by atoms with Gasteiger partial charge in [0.1, 0.15) is 0 Å². The standard InChI is InChI=1S/C6H12F6Si2/c1-13(2,5(7,8)9)14(3,4)6(10,11)12/h1-4H3. The molecule has 0 saturated heterocycles. The number of rotatable bonds is 1. The lowest BCUT2D eigenvalue weighted by molar-refractivity contribution is -0.0660. The second-order valence-corrected chi connectivity index (χ2v) is 19.4. The van der Waals surface area contributed by atoms with E-state index in [-0.39, 0.29) is 0 Å². The molecule has 0 nitrogen and oxygen atoms in total. The van der Waals surface area contributed by atoms with Crippen molar-refractivity contribution in [2.24, 2.45) is 0 Å². The molecule has 0 aliphatic heterocycles. The van der Waals surface area contributed by atoms with Crippen molar-refractivity contribution < 1.29 is 26.3 Å². The predicted molar refractivity (Wildman–Crippen MR) is 47.1 cm³/mol. The van der Waals surface area contributed by atoms with Crippen LogP contribution in [0.25, 0.3) is 0 Å². The molecule has 0 atom stereocenters. The summed E-state index contributed by atoms with van der Waals surface area (Å²) in [6.45, 7) is 3.03. The molecule has 0 aliphatic rings. The third-order valence-corrected chi connectivity index (χ3v) is 20.0. The number of hydrogen-bond donors (Lipinski definition) is 0. The van der Waals surface area contributed by atoms with Crippen LogP contribution in [0.15, 0.2) is 0 Å². The van der Waals surface area contributed by atoms with Gasteiger partial charge in [-0.2, -0.15) is 26.3 Å². The lowest BCUT2D eigenvalue weighted by atomic mass is 11.5. The quantitative estimate of drug-likeness (QED) is 0.494. The number of hydrogen-bond acceptors (Lipinski definition) is 0. The SMILES string of the molecule is C[Si](C)(C(F)(F)F)[Si](C)(C)C(F)(F)F. The summed E-state index contributed by atoms with van der Waals surface area (Å²) >= 11 is 0. The number of alkyl halides is 6. The first kappa shape index (κ1) is 14.0. The molecule has 0 N–H and O–H groups in total. The van der Waals surface area contributed by atoms with Crippen molar-refractivity contribution in [1.82, 2.24) is 0 Å². The normalized spacial score (nSPS) is 15.9. The fourth-order valence-electron chi connectivity index (χ4n) is 0.709. The molecule has 0 rings (SSSR count). The summed E-state index contributed by atoms with van der Waals surface area (Å²) in [7, 11) is -8.51. The lowest BCUT2D eigenvalue weighted by Crippen LogP contribution is -2.71. The van der Waals surface area contributed by atoms with Gasteiger partial charge in [-0.3, -0.25) is 0 Å². The zero-order valence-electron chi connectivity index (χ0n) is 8.27. The molecule has 0 heterocycles. The van der Waals surface area contributed by atoms with Crippen LogP contribution in [0, 0.1) is 0 Å². The topological polar surface area (TPSA) is 0 Å². The van der Waals surface area contributed by atoms with Crippen LogP contribution in [0.4, 0.5) is 26.3 Å². The minimum Gasteiger partial charge on any atom is -0.177 e. The summed E-state index contributed by atoms with van der Waals surface area (Å²) in [5.41, 5.74) is 0. The third-order valence-electron chi connectivity index (χ3n) is 2.98. The van der Waals surface area contributed by atoms with Gasteiger partial charge in [0.25, 0.3) is 0 Å². The van der Waals surface area contributed by atoms with E-state index in [0.717, 1.165) is 26.2 Å². The largest absolute Gasteiger partial charge is 0.359 e. The summed E-state index contributed by atoms with van der Waals surface area (Å²) in [5, 5.41) is 0. The fourth-order valence-corrected chi connectivity index (χ4v) is 6.38. The van der Waals surface area contributed by atoms with Crippen molar-refractivity contribution in [2.75, 3.05) is 0 Å². The Morgan fingerprint density at radius 1 is 0.571 bits per heavy atom. The van der Waals surface area contributed by atoms with Gasteiger partial charge in [-0.15, -0.1) is 0 Å². The highest BCUT2D eigenvalue weighted by Crippen LogP contribution is 2.43. The van der Waals surface area contributed by atoms with Crippen LogP contribution in [-0.4, -0.2) is 26.8 Å². The Bertz CT molecular complexity index is 189. The van der Waals surface area contributed by atoms with E-state index in [1.165, 1.54) is 0 Å². The van der Waals surface area contributed by atoms with E-state index < -0.39 is 26.8 Å². The Balaban J connectivity index is 5.30. The van der Waals surface area contributed by atoms with Crippen LogP contribution in [0.2, 0.25) is 26.2 Å². The van der Waals surface area contributed by atoms with E-state index in [9.17, 15) is 26.3 Å². The van der Waals surface area contributed by atoms with Crippen molar-refractivity contribution in [1.29, 1.82) is 0 Å². The average Bonchev–Trinajstić information content (AvgIpc) is 1.81. The van der Waals surface area contributed by atoms with E-state index >= 15 is 0 Å². The van der Waals surface area contributed by atoms with Crippen molar-refractivity contribution in [3.05, 3.63) is 0 Å². The average molecular weight is 254 g/mol. The predicted octanol–water partition coefficient (Wildman–Crippen LogP) is 3.68. The van der Waals surface area contributed by atoms with Crippen LogP contribution in [0.3, 0.4) is 0 Å². The molecule has 0 aliphatic carbocycles. The molecule has 8 heteroatoms. The highest BCUT2D eigenvalue weighted by molar-refractivity contribution is 7.42. The highest BCUT2D eigenvalue weighted by Gasteiger charge is 2.69. The number of halogens is 6. The minimum atomic E-state index is -4.68. The molecule has 0 fully saturated rings. The Kier molecular flexibility index (Phi) is 3.26. The lowest BCUT2D eigenvalue weighted by Gasteiger charge is -2.39. The summed E-state index contributed by atoms with van der Waals surface area (Å²) < 4.78 is 74.7. The molecule has 0 aromatic heterocycles. The van der Waals surface area contributed by atoms with Crippen molar-refractivity contribution in [3.63, 3.8) is 0 Å². The van der Waals surface area contributed by atoms with Crippen molar-refractivity contribution >= 4 is 15.2 Å². The van der Waals surface area contributed by atoms with Gasteiger partial charge >= 0.3 is 11.6 Å². The molecular weight excluding hydrogens is 242 g/mol. The molecule has 14 heavy (non-hydrogen) atoms. The first-order chi connectivity index (χ1) is 5.75. The molecule has 0 saturated carbocycles. The van der Waals surface area contributed by atoms with Crippen molar-refractivity contribution in [2.45, 2.75) is 37.8 Å². The second-order valence-electron chi connectivity index (χ2n) is 4.25. The van der Waals surface area contributed by atoms with Crippen LogP contribution < -0.4 is 0 Å². The molecular formula is C6H12F6Si2. The van der Waals surface area contributed by atoms with Crippen LogP contribution in [-0.2, 0) is 0 Å². The van der Waals surface area contributed by atoms with E-state index in [1.807, 2.05) is 0 Å². The Labute approximate surface area is 80.1 Å². The Hall–Kier alpha value is 0.0138. The minimum absolute atomic E-state index is 0.757. The molecule has 86 valence electrons. The molecule has 0 amide bonds. The van der Waals surface area contributed by atoms with Gasteiger partial charge in [-0.25, -0.2) is 0 Å². The van der Waals surface area contributed by atoms with Gasteiger partial charge in [0.15, 0.2) is 15.2 Å². The van der Waals surface area contributed by atoms with E-state index in [4.69, 9.17) is 0 Å². The highest BCUT2D eigenvalue weighted by atomic mass is 29.3. The Morgan fingerprint density at radius 3 is 0.786 bits per heavy atom. The van der Waals surface area contributed by atoms with E-state index in [0.29, 0.717) is 0 Å². The van der Waals surface area contributed by atoms with Gasteiger partial charge in [0.2, 0.25) is 0 Å². The zero-order chi connectivity index (χ0) is 12.0. The van der Waals surface area contributed by atoms with E-state index in [2.05, 4.69) is 0 Å².